The standard InChI is InChI=1S/C10H16N4/c1-2-10(5-6-10)7-12-9-4-3-8(11)13-14-9/h3-4H,2,5-7H2,1H3,(H2,11,13)(H,12,14). The summed E-state index contributed by atoms with van der Waals surface area (Å²) in [5.74, 6) is 1.28. The first-order valence-electron chi connectivity index (χ1n) is 5.07. The molecule has 1 aromatic heterocycles. The van der Waals surface area contributed by atoms with Gasteiger partial charge in [0, 0.05) is 6.54 Å². The fourth-order valence-electron chi connectivity index (χ4n) is 1.55. The Hall–Kier alpha value is -1.32. The molecule has 2 rings (SSSR count). The Bertz CT molecular complexity index is 302. The Morgan fingerprint density at radius 1 is 1.43 bits per heavy atom. The minimum atomic E-state index is 0.465. The summed E-state index contributed by atoms with van der Waals surface area (Å²) >= 11 is 0. The molecule has 0 atom stereocenters. The van der Waals surface area contributed by atoms with Crippen molar-refractivity contribution >= 4 is 11.6 Å². The molecule has 3 N–H and O–H groups in total. The van der Waals surface area contributed by atoms with Gasteiger partial charge in [-0.2, -0.15) is 0 Å². The molecule has 0 aliphatic heterocycles. The van der Waals surface area contributed by atoms with Gasteiger partial charge in [0.25, 0.3) is 0 Å². The van der Waals surface area contributed by atoms with Gasteiger partial charge < -0.3 is 11.1 Å². The SMILES string of the molecule is CCC1(CNc2ccc(N)nn2)CC1. The maximum atomic E-state index is 5.45. The third-order valence-corrected chi connectivity index (χ3v) is 3.04. The highest BCUT2D eigenvalue weighted by Gasteiger charge is 2.40. The molecule has 0 amide bonds. The lowest BCUT2D eigenvalue weighted by molar-refractivity contribution is 0.520. The molecule has 1 heterocycles. The maximum absolute atomic E-state index is 5.45. The van der Waals surface area contributed by atoms with Crippen molar-refractivity contribution in [1.82, 2.24) is 10.2 Å². The molecule has 1 aromatic rings. The average Bonchev–Trinajstić information content (AvgIpc) is 2.98. The number of hydrogen-bond donors (Lipinski definition) is 2. The highest BCUT2D eigenvalue weighted by Crippen LogP contribution is 2.48. The predicted molar refractivity (Wildman–Crippen MR) is 56.9 cm³/mol. The van der Waals surface area contributed by atoms with Crippen LogP contribution >= 0.6 is 0 Å². The third-order valence-electron chi connectivity index (χ3n) is 3.04. The molecule has 4 heteroatoms. The number of hydrogen-bond acceptors (Lipinski definition) is 4. The second-order valence-electron chi connectivity index (χ2n) is 4.05. The van der Waals surface area contributed by atoms with E-state index < -0.39 is 0 Å². The van der Waals surface area contributed by atoms with Gasteiger partial charge in [0.05, 0.1) is 0 Å². The van der Waals surface area contributed by atoms with Gasteiger partial charge in [0.15, 0.2) is 0 Å². The number of nitrogens with one attached hydrogen (secondary N) is 1. The maximum Gasteiger partial charge on any atom is 0.148 e. The Morgan fingerprint density at radius 2 is 2.21 bits per heavy atom. The van der Waals surface area contributed by atoms with E-state index in [4.69, 9.17) is 5.73 Å². The second-order valence-corrected chi connectivity index (χ2v) is 4.05. The van der Waals surface area contributed by atoms with E-state index in [-0.39, 0.29) is 0 Å². The van der Waals surface area contributed by atoms with Gasteiger partial charge in [-0.3, -0.25) is 0 Å². The lowest BCUT2D eigenvalue weighted by atomic mass is 10.0. The van der Waals surface area contributed by atoms with Crippen molar-refractivity contribution in [1.29, 1.82) is 0 Å². The molecule has 14 heavy (non-hydrogen) atoms. The Morgan fingerprint density at radius 3 is 2.71 bits per heavy atom. The quantitative estimate of drug-likeness (QED) is 0.761. The van der Waals surface area contributed by atoms with Crippen molar-refractivity contribution in [3.8, 4) is 0 Å². The molecule has 1 saturated carbocycles. The van der Waals surface area contributed by atoms with Crippen LogP contribution in [0.3, 0.4) is 0 Å². The number of nitrogen functional groups attached to an aromatic ring is 1. The summed E-state index contributed by atoms with van der Waals surface area (Å²) in [5.41, 5.74) is 5.98. The largest absolute Gasteiger partial charge is 0.382 e. The number of rotatable bonds is 4. The summed E-state index contributed by atoms with van der Waals surface area (Å²) in [5, 5.41) is 11.0. The molecular weight excluding hydrogens is 176 g/mol. The molecule has 76 valence electrons. The first-order chi connectivity index (χ1) is 6.74. The summed E-state index contributed by atoms with van der Waals surface area (Å²) in [6.07, 6.45) is 3.90. The fraction of sp³-hybridized carbons (Fsp3) is 0.600. The van der Waals surface area contributed by atoms with Crippen LogP contribution in [-0.2, 0) is 0 Å². The molecular formula is C10H16N4. The van der Waals surface area contributed by atoms with Crippen LogP contribution in [0, 0.1) is 5.41 Å². The van der Waals surface area contributed by atoms with Crippen LogP contribution in [0.15, 0.2) is 12.1 Å². The van der Waals surface area contributed by atoms with Gasteiger partial charge in [-0.05, 0) is 36.8 Å². The van der Waals surface area contributed by atoms with Crippen LogP contribution in [0.2, 0.25) is 0 Å². The van der Waals surface area contributed by atoms with Crippen molar-refractivity contribution in [3.63, 3.8) is 0 Å². The van der Waals surface area contributed by atoms with Gasteiger partial charge >= 0.3 is 0 Å². The highest BCUT2D eigenvalue weighted by molar-refractivity contribution is 5.38. The number of nitrogens with zero attached hydrogens (tertiary/aromatic N) is 2. The van der Waals surface area contributed by atoms with Crippen LogP contribution in [0.1, 0.15) is 26.2 Å². The van der Waals surface area contributed by atoms with Crippen molar-refractivity contribution < 1.29 is 0 Å². The summed E-state index contributed by atoms with van der Waals surface area (Å²) in [4.78, 5) is 0. The van der Waals surface area contributed by atoms with E-state index in [0.29, 0.717) is 11.2 Å². The minimum Gasteiger partial charge on any atom is -0.382 e. The van der Waals surface area contributed by atoms with E-state index in [2.05, 4.69) is 22.4 Å². The monoisotopic (exact) mass is 192 g/mol. The van der Waals surface area contributed by atoms with Gasteiger partial charge in [-0.1, -0.05) is 6.92 Å². The van der Waals surface area contributed by atoms with E-state index in [1.807, 2.05) is 6.07 Å². The topological polar surface area (TPSA) is 63.8 Å². The normalized spacial score (nSPS) is 17.8. The van der Waals surface area contributed by atoms with E-state index >= 15 is 0 Å². The Balaban J connectivity index is 1.89. The molecule has 1 aliphatic rings. The first kappa shape index (κ1) is 9.24. The Kier molecular flexibility index (Phi) is 2.27. The fourth-order valence-corrected chi connectivity index (χ4v) is 1.55. The van der Waals surface area contributed by atoms with E-state index in [1.165, 1.54) is 19.3 Å². The van der Waals surface area contributed by atoms with Gasteiger partial charge in [0.1, 0.15) is 11.6 Å². The molecule has 0 radical (unpaired) electrons. The molecule has 1 aliphatic carbocycles. The highest BCUT2D eigenvalue weighted by atomic mass is 15.2. The van der Waals surface area contributed by atoms with E-state index in [0.717, 1.165) is 12.4 Å². The molecule has 1 fully saturated rings. The molecule has 4 nitrogen and oxygen atoms in total. The van der Waals surface area contributed by atoms with Crippen LogP contribution in [-0.4, -0.2) is 16.7 Å². The first-order valence-corrected chi connectivity index (χ1v) is 5.07. The zero-order valence-electron chi connectivity index (χ0n) is 8.45. The van der Waals surface area contributed by atoms with Crippen molar-refractivity contribution in [2.45, 2.75) is 26.2 Å². The van der Waals surface area contributed by atoms with Crippen LogP contribution < -0.4 is 11.1 Å². The lowest BCUT2D eigenvalue weighted by Gasteiger charge is -2.13. The van der Waals surface area contributed by atoms with E-state index in [9.17, 15) is 0 Å². The number of nitrogens with two attached hydrogens (primary N) is 1. The molecule has 0 aromatic carbocycles. The Labute approximate surface area is 83.9 Å². The smallest absolute Gasteiger partial charge is 0.148 e. The lowest BCUT2D eigenvalue weighted by Crippen LogP contribution is -2.15. The zero-order valence-corrected chi connectivity index (χ0v) is 8.45. The van der Waals surface area contributed by atoms with Crippen LogP contribution in [0.4, 0.5) is 11.6 Å². The summed E-state index contributed by atoms with van der Waals surface area (Å²) in [7, 11) is 0. The molecule has 0 saturated heterocycles. The average molecular weight is 192 g/mol. The second kappa shape index (κ2) is 3.44. The summed E-state index contributed by atoms with van der Waals surface area (Å²) < 4.78 is 0. The minimum absolute atomic E-state index is 0.465. The molecule has 0 bridgehead atoms. The molecule has 0 spiro atoms. The van der Waals surface area contributed by atoms with Crippen LogP contribution in [0.5, 0.6) is 0 Å². The zero-order chi connectivity index (χ0) is 10.0. The summed E-state index contributed by atoms with van der Waals surface area (Å²) in [6, 6.07) is 3.63. The van der Waals surface area contributed by atoms with Gasteiger partial charge in [-0.15, -0.1) is 10.2 Å². The predicted octanol–water partition coefficient (Wildman–Crippen LogP) is 1.66. The van der Waals surface area contributed by atoms with E-state index in [1.54, 1.807) is 6.07 Å². The van der Waals surface area contributed by atoms with Crippen molar-refractivity contribution in [2.75, 3.05) is 17.6 Å². The molecule has 0 unspecified atom stereocenters. The third kappa shape index (κ3) is 1.95. The van der Waals surface area contributed by atoms with Crippen molar-refractivity contribution in [2.24, 2.45) is 5.41 Å². The summed E-state index contributed by atoms with van der Waals surface area (Å²) in [6.45, 7) is 3.24. The van der Waals surface area contributed by atoms with Gasteiger partial charge in [-0.25, -0.2) is 0 Å². The number of anilines is 2. The number of aromatic nitrogens is 2. The van der Waals surface area contributed by atoms with Gasteiger partial charge in [0.2, 0.25) is 0 Å². The van der Waals surface area contributed by atoms with Crippen molar-refractivity contribution in [3.05, 3.63) is 12.1 Å². The van der Waals surface area contributed by atoms with Crippen LogP contribution in [0.25, 0.3) is 0 Å².